The molecular formula is C14H22N4O3. The van der Waals surface area contributed by atoms with E-state index in [0.29, 0.717) is 19.5 Å². The van der Waals surface area contributed by atoms with Gasteiger partial charge in [0.1, 0.15) is 0 Å². The maximum atomic E-state index is 12.2. The van der Waals surface area contributed by atoms with Crippen LogP contribution in [0.15, 0.2) is 6.20 Å². The first-order valence-corrected chi connectivity index (χ1v) is 7.22. The first kappa shape index (κ1) is 15.3. The quantitative estimate of drug-likeness (QED) is 0.867. The standard InChI is InChI=1S/C14H22N4O3/c1-4-12-10(8-17(3)16-12)7-15-14(21)18-6-5-11(9(18)2)13(19)20/h8-9,11H,4-7H2,1-3H3,(H,15,21)(H,19,20). The van der Waals surface area contributed by atoms with Crippen molar-refractivity contribution in [2.24, 2.45) is 13.0 Å². The number of aromatic nitrogens is 2. The molecule has 2 unspecified atom stereocenters. The van der Waals surface area contributed by atoms with Crippen LogP contribution in [0.2, 0.25) is 0 Å². The summed E-state index contributed by atoms with van der Waals surface area (Å²) in [5, 5.41) is 16.3. The van der Waals surface area contributed by atoms with Gasteiger partial charge in [0.05, 0.1) is 11.6 Å². The Bertz CT molecular complexity index is 540. The average molecular weight is 294 g/mol. The predicted octanol–water partition coefficient (Wildman–Crippen LogP) is 0.987. The molecular weight excluding hydrogens is 272 g/mol. The number of carboxylic acid groups (broad SMARTS) is 1. The van der Waals surface area contributed by atoms with Crippen LogP contribution in [0.5, 0.6) is 0 Å². The molecule has 116 valence electrons. The van der Waals surface area contributed by atoms with Crippen LogP contribution >= 0.6 is 0 Å². The van der Waals surface area contributed by atoms with Gasteiger partial charge in [0.15, 0.2) is 0 Å². The van der Waals surface area contributed by atoms with E-state index >= 15 is 0 Å². The lowest BCUT2D eigenvalue weighted by atomic mass is 10.0. The third kappa shape index (κ3) is 3.17. The van der Waals surface area contributed by atoms with Crippen LogP contribution in [-0.4, -0.2) is 44.4 Å². The fourth-order valence-electron chi connectivity index (χ4n) is 2.86. The topological polar surface area (TPSA) is 87.5 Å². The first-order chi connectivity index (χ1) is 9.93. The van der Waals surface area contributed by atoms with Crippen molar-refractivity contribution in [3.8, 4) is 0 Å². The lowest BCUT2D eigenvalue weighted by molar-refractivity contribution is -0.142. The van der Waals surface area contributed by atoms with E-state index in [2.05, 4.69) is 10.4 Å². The molecule has 1 aromatic rings. The molecule has 7 heteroatoms. The molecule has 0 bridgehead atoms. The van der Waals surface area contributed by atoms with Crippen LogP contribution in [-0.2, 0) is 24.8 Å². The highest BCUT2D eigenvalue weighted by Gasteiger charge is 2.38. The molecule has 0 aliphatic carbocycles. The number of aryl methyl sites for hydroxylation is 2. The summed E-state index contributed by atoms with van der Waals surface area (Å²) in [6.45, 7) is 4.70. The van der Waals surface area contributed by atoms with Gasteiger partial charge in [-0.2, -0.15) is 5.10 Å². The number of hydrogen-bond donors (Lipinski definition) is 2. The van der Waals surface area contributed by atoms with E-state index < -0.39 is 11.9 Å². The molecule has 7 nitrogen and oxygen atoms in total. The lowest BCUT2D eigenvalue weighted by Crippen LogP contribution is -2.43. The van der Waals surface area contributed by atoms with Crippen LogP contribution in [0.4, 0.5) is 4.79 Å². The molecule has 1 aliphatic rings. The molecule has 1 saturated heterocycles. The fraction of sp³-hybridized carbons (Fsp3) is 0.643. The van der Waals surface area contributed by atoms with Gasteiger partial charge in [0.2, 0.25) is 0 Å². The van der Waals surface area contributed by atoms with Gasteiger partial charge in [-0.3, -0.25) is 9.48 Å². The minimum Gasteiger partial charge on any atom is -0.481 e. The van der Waals surface area contributed by atoms with Crippen molar-refractivity contribution in [1.82, 2.24) is 20.0 Å². The summed E-state index contributed by atoms with van der Waals surface area (Å²) in [5.74, 6) is -1.31. The maximum absolute atomic E-state index is 12.2. The van der Waals surface area contributed by atoms with Gasteiger partial charge >= 0.3 is 12.0 Å². The molecule has 2 rings (SSSR count). The van der Waals surface area contributed by atoms with Crippen LogP contribution in [0.3, 0.4) is 0 Å². The van der Waals surface area contributed by atoms with Gasteiger partial charge in [0, 0.05) is 37.9 Å². The molecule has 21 heavy (non-hydrogen) atoms. The number of hydrogen-bond acceptors (Lipinski definition) is 3. The fourth-order valence-corrected chi connectivity index (χ4v) is 2.86. The summed E-state index contributed by atoms with van der Waals surface area (Å²) in [6.07, 6.45) is 3.22. The molecule has 0 spiro atoms. The predicted molar refractivity (Wildman–Crippen MR) is 76.7 cm³/mol. The van der Waals surface area contributed by atoms with Gasteiger partial charge in [-0.25, -0.2) is 4.79 Å². The van der Waals surface area contributed by atoms with Crippen molar-refractivity contribution >= 4 is 12.0 Å². The van der Waals surface area contributed by atoms with Gasteiger partial charge in [-0.1, -0.05) is 6.92 Å². The number of nitrogens with one attached hydrogen (secondary N) is 1. The smallest absolute Gasteiger partial charge is 0.317 e. The van der Waals surface area contributed by atoms with E-state index in [4.69, 9.17) is 5.11 Å². The van der Waals surface area contributed by atoms with Crippen molar-refractivity contribution in [3.63, 3.8) is 0 Å². The Morgan fingerprint density at radius 3 is 2.81 bits per heavy atom. The summed E-state index contributed by atoms with van der Waals surface area (Å²) >= 11 is 0. The zero-order valence-electron chi connectivity index (χ0n) is 12.7. The number of rotatable bonds is 4. The van der Waals surface area contributed by atoms with E-state index in [9.17, 15) is 9.59 Å². The molecule has 0 radical (unpaired) electrons. The Kier molecular flexibility index (Phi) is 4.50. The molecule has 2 N–H and O–H groups in total. The highest BCUT2D eigenvalue weighted by Crippen LogP contribution is 2.24. The monoisotopic (exact) mass is 294 g/mol. The summed E-state index contributed by atoms with van der Waals surface area (Å²) in [4.78, 5) is 24.9. The Morgan fingerprint density at radius 2 is 2.24 bits per heavy atom. The summed E-state index contributed by atoms with van der Waals surface area (Å²) in [7, 11) is 1.85. The van der Waals surface area contributed by atoms with Gasteiger partial charge in [0.25, 0.3) is 0 Å². The second-order valence-corrected chi connectivity index (χ2v) is 5.45. The van der Waals surface area contributed by atoms with Crippen LogP contribution < -0.4 is 5.32 Å². The van der Waals surface area contributed by atoms with Crippen molar-refractivity contribution in [2.45, 2.75) is 39.3 Å². The molecule has 1 fully saturated rings. The molecule has 2 amide bonds. The van der Waals surface area contributed by atoms with E-state index in [1.165, 1.54) is 0 Å². The second-order valence-electron chi connectivity index (χ2n) is 5.45. The van der Waals surface area contributed by atoms with E-state index in [-0.39, 0.29) is 12.1 Å². The number of amides is 2. The van der Waals surface area contributed by atoms with Gasteiger partial charge < -0.3 is 15.3 Å². The number of nitrogens with zero attached hydrogens (tertiary/aromatic N) is 3. The molecule has 0 aromatic carbocycles. The number of carbonyl (C=O) groups is 2. The number of carboxylic acids is 1. The van der Waals surface area contributed by atoms with Crippen LogP contribution in [0, 0.1) is 5.92 Å². The van der Waals surface area contributed by atoms with Gasteiger partial charge in [-0.05, 0) is 19.8 Å². The van der Waals surface area contributed by atoms with Crippen molar-refractivity contribution in [1.29, 1.82) is 0 Å². The molecule has 1 aliphatic heterocycles. The highest BCUT2D eigenvalue weighted by atomic mass is 16.4. The minimum absolute atomic E-state index is 0.211. The van der Waals surface area contributed by atoms with E-state index in [0.717, 1.165) is 17.7 Å². The summed E-state index contributed by atoms with van der Waals surface area (Å²) in [5.41, 5.74) is 1.96. The number of carbonyl (C=O) groups excluding carboxylic acids is 1. The average Bonchev–Trinajstić information content (AvgIpc) is 2.98. The van der Waals surface area contributed by atoms with Crippen LogP contribution in [0.25, 0.3) is 0 Å². The maximum Gasteiger partial charge on any atom is 0.317 e. The molecule has 1 aromatic heterocycles. The third-order valence-electron chi connectivity index (χ3n) is 4.09. The van der Waals surface area contributed by atoms with Gasteiger partial charge in [-0.15, -0.1) is 0 Å². The SMILES string of the molecule is CCc1nn(C)cc1CNC(=O)N1CCC(C(=O)O)C1C. The van der Waals surface area contributed by atoms with Crippen molar-refractivity contribution < 1.29 is 14.7 Å². The number of aliphatic carboxylic acids is 1. The minimum atomic E-state index is -0.835. The second kappa shape index (κ2) is 6.15. The third-order valence-corrected chi connectivity index (χ3v) is 4.09. The first-order valence-electron chi connectivity index (χ1n) is 7.22. The Hall–Kier alpha value is -2.05. The molecule has 2 atom stereocenters. The molecule has 2 heterocycles. The highest BCUT2D eigenvalue weighted by molar-refractivity contribution is 5.78. The number of likely N-dealkylation sites (tertiary alicyclic amines) is 1. The zero-order chi connectivity index (χ0) is 15.6. The summed E-state index contributed by atoms with van der Waals surface area (Å²) in [6, 6.07) is -0.487. The Balaban J connectivity index is 1.95. The largest absolute Gasteiger partial charge is 0.481 e. The van der Waals surface area contributed by atoms with Crippen molar-refractivity contribution in [2.75, 3.05) is 6.54 Å². The molecule has 0 saturated carbocycles. The number of urea groups is 1. The summed E-state index contributed by atoms with van der Waals surface area (Å²) < 4.78 is 1.74. The van der Waals surface area contributed by atoms with E-state index in [1.54, 1.807) is 16.5 Å². The Labute approximate surface area is 123 Å². The van der Waals surface area contributed by atoms with Crippen LogP contribution in [0.1, 0.15) is 31.5 Å². The lowest BCUT2D eigenvalue weighted by Gasteiger charge is -2.23. The van der Waals surface area contributed by atoms with E-state index in [1.807, 2.05) is 20.2 Å². The zero-order valence-corrected chi connectivity index (χ0v) is 12.7. The normalized spacial score (nSPS) is 21.6. The van der Waals surface area contributed by atoms with Crippen molar-refractivity contribution in [3.05, 3.63) is 17.5 Å². The Morgan fingerprint density at radius 1 is 1.52 bits per heavy atom.